The van der Waals surface area contributed by atoms with Crippen molar-refractivity contribution in [2.24, 2.45) is 23.7 Å². The Kier molecular flexibility index (Phi) is 9.83. The van der Waals surface area contributed by atoms with Crippen LogP contribution in [0.1, 0.15) is 103 Å². The highest BCUT2D eigenvalue weighted by Crippen LogP contribution is 2.48. The van der Waals surface area contributed by atoms with E-state index in [0.717, 1.165) is 12.3 Å². The molecule has 1 N–H and O–H groups in total. The molecule has 33 heavy (non-hydrogen) atoms. The number of carboxylic acids is 1. The third kappa shape index (κ3) is 6.61. The van der Waals surface area contributed by atoms with Gasteiger partial charge in [0.2, 0.25) is 0 Å². The highest BCUT2D eigenvalue weighted by atomic mass is 16.4. The summed E-state index contributed by atoms with van der Waals surface area (Å²) in [4.78, 5) is 11.6. The maximum absolute atomic E-state index is 11.6. The van der Waals surface area contributed by atoms with Gasteiger partial charge < -0.3 is 5.11 Å². The Hall–Kier alpha value is -1.83. The molecule has 0 amide bonds. The zero-order chi connectivity index (χ0) is 23.7. The lowest BCUT2D eigenvalue weighted by Crippen LogP contribution is -2.37. The second-order valence-corrected chi connectivity index (χ2v) is 10.8. The van der Waals surface area contributed by atoms with Crippen LogP contribution in [0.2, 0.25) is 0 Å². The molecule has 0 spiro atoms. The average molecular weight is 451 g/mol. The van der Waals surface area contributed by atoms with Crippen LogP contribution < -0.4 is 0 Å². The van der Waals surface area contributed by atoms with Gasteiger partial charge in [-0.15, -0.1) is 0 Å². The molecule has 1 aromatic carbocycles. The van der Waals surface area contributed by atoms with Crippen LogP contribution in [0.15, 0.2) is 48.6 Å². The largest absolute Gasteiger partial charge is 0.481 e. The smallest absolute Gasteiger partial charge is 0.314 e. The summed E-state index contributed by atoms with van der Waals surface area (Å²) in [5, 5.41) is 9.56. The molecular formula is C31H46O2. The summed E-state index contributed by atoms with van der Waals surface area (Å²) in [5.41, 5.74) is 2.68. The first-order valence-electron chi connectivity index (χ1n) is 13.7. The van der Waals surface area contributed by atoms with Gasteiger partial charge in [-0.2, -0.15) is 0 Å². The van der Waals surface area contributed by atoms with Crippen LogP contribution in [0.5, 0.6) is 0 Å². The highest BCUT2D eigenvalue weighted by molar-refractivity contribution is 5.75. The molecule has 1 aromatic rings. The van der Waals surface area contributed by atoms with Crippen molar-refractivity contribution in [1.82, 2.24) is 0 Å². The third-order valence-corrected chi connectivity index (χ3v) is 8.43. The Labute approximate surface area is 202 Å². The molecule has 2 aliphatic carbocycles. The predicted octanol–water partition coefficient (Wildman–Crippen LogP) is 8.51. The van der Waals surface area contributed by atoms with Gasteiger partial charge in [0.05, 0.1) is 5.92 Å². The SMILES string of the molecule is CCCCCCC[C@H]1CC[C@H](C2(c3ccccc3C[C@@H](C)CC)C=CC(C(=O)O)C=C2)CC1. The fourth-order valence-corrected chi connectivity index (χ4v) is 6.09. The van der Waals surface area contributed by atoms with Crippen LogP contribution >= 0.6 is 0 Å². The van der Waals surface area contributed by atoms with Gasteiger partial charge in [0, 0.05) is 5.41 Å². The van der Waals surface area contributed by atoms with E-state index in [2.05, 4.69) is 57.2 Å². The quantitative estimate of drug-likeness (QED) is 0.256. The topological polar surface area (TPSA) is 37.3 Å². The van der Waals surface area contributed by atoms with Crippen LogP contribution in [0.25, 0.3) is 0 Å². The summed E-state index contributed by atoms with van der Waals surface area (Å²) < 4.78 is 0. The first-order chi connectivity index (χ1) is 16.0. The number of carbonyl (C=O) groups is 1. The van der Waals surface area contributed by atoms with E-state index in [4.69, 9.17) is 0 Å². The second kappa shape index (κ2) is 12.6. The number of benzene rings is 1. The third-order valence-electron chi connectivity index (χ3n) is 8.43. The Balaban J connectivity index is 1.78. The van der Waals surface area contributed by atoms with Gasteiger partial charge in [-0.3, -0.25) is 4.79 Å². The molecule has 0 radical (unpaired) electrons. The normalized spacial score (nSPS) is 28.0. The van der Waals surface area contributed by atoms with E-state index in [1.165, 1.54) is 81.8 Å². The van der Waals surface area contributed by atoms with E-state index in [9.17, 15) is 9.90 Å². The summed E-state index contributed by atoms with van der Waals surface area (Å²) >= 11 is 0. The summed E-state index contributed by atoms with van der Waals surface area (Å²) in [6.45, 7) is 6.89. The maximum Gasteiger partial charge on any atom is 0.314 e. The predicted molar refractivity (Wildman–Crippen MR) is 140 cm³/mol. The number of unbranched alkanes of at least 4 members (excludes halogenated alkanes) is 4. The van der Waals surface area contributed by atoms with Gasteiger partial charge in [0.25, 0.3) is 0 Å². The molecule has 0 saturated heterocycles. The summed E-state index contributed by atoms with van der Waals surface area (Å²) in [7, 11) is 0. The summed E-state index contributed by atoms with van der Waals surface area (Å²) in [5.74, 6) is 0.817. The van der Waals surface area contributed by atoms with Crippen molar-refractivity contribution < 1.29 is 9.90 Å². The van der Waals surface area contributed by atoms with E-state index < -0.39 is 11.9 Å². The second-order valence-electron chi connectivity index (χ2n) is 10.8. The number of rotatable bonds is 12. The molecule has 182 valence electrons. The van der Waals surface area contributed by atoms with Crippen molar-refractivity contribution in [1.29, 1.82) is 0 Å². The Morgan fingerprint density at radius 1 is 1.00 bits per heavy atom. The maximum atomic E-state index is 11.6. The minimum Gasteiger partial charge on any atom is -0.481 e. The van der Waals surface area contributed by atoms with Gasteiger partial charge in [-0.25, -0.2) is 0 Å². The van der Waals surface area contributed by atoms with Crippen molar-refractivity contribution in [2.45, 2.75) is 103 Å². The van der Waals surface area contributed by atoms with Crippen molar-refractivity contribution >= 4 is 5.97 Å². The van der Waals surface area contributed by atoms with Crippen molar-refractivity contribution in [3.8, 4) is 0 Å². The van der Waals surface area contributed by atoms with Crippen LogP contribution in [0, 0.1) is 23.7 Å². The highest BCUT2D eigenvalue weighted by Gasteiger charge is 2.41. The van der Waals surface area contributed by atoms with E-state index in [1.807, 2.05) is 12.2 Å². The van der Waals surface area contributed by atoms with Crippen molar-refractivity contribution in [3.05, 3.63) is 59.7 Å². The molecule has 0 unspecified atom stereocenters. The molecule has 0 aromatic heterocycles. The molecule has 2 aliphatic rings. The fourth-order valence-electron chi connectivity index (χ4n) is 6.09. The molecule has 0 heterocycles. The van der Waals surface area contributed by atoms with Crippen LogP contribution in [0.4, 0.5) is 0 Å². The van der Waals surface area contributed by atoms with E-state index in [1.54, 1.807) is 0 Å². The Morgan fingerprint density at radius 2 is 1.67 bits per heavy atom. The molecule has 1 atom stereocenters. The minimum atomic E-state index is -0.754. The molecule has 2 heteroatoms. The Morgan fingerprint density at radius 3 is 2.30 bits per heavy atom. The zero-order valence-corrected chi connectivity index (χ0v) is 21.3. The summed E-state index contributed by atoms with van der Waals surface area (Å²) in [6.07, 6.45) is 24.0. The first-order valence-corrected chi connectivity index (χ1v) is 13.7. The van der Waals surface area contributed by atoms with E-state index in [-0.39, 0.29) is 5.41 Å². The van der Waals surface area contributed by atoms with Crippen molar-refractivity contribution in [2.75, 3.05) is 0 Å². The lowest BCUT2D eigenvalue weighted by atomic mass is 9.60. The first kappa shape index (κ1) is 25.8. The minimum absolute atomic E-state index is 0.165. The fraction of sp³-hybridized carbons (Fsp3) is 0.645. The average Bonchev–Trinajstić information content (AvgIpc) is 2.84. The van der Waals surface area contributed by atoms with Gasteiger partial charge in [0.1, 0.15) is 0 Å². The number of hydrogen-bond donors (Lipinski definition) is 1. The molecular weight excluding hydrogens is 404 g/mol. The van der Waals surface area contributed by atoms with E-state index in [0.29, 0.717) is 11.8 Å². The van der Waals surface area contributed by atoms with Crippen LogP contribution in [-0.2, 0) is 16.6 Å². The molecule has 0 aliphatic heterocycles. The lowest BCUT2D eigenvalue weighted by Gasteiger charge is -2.43. The van der Waals surface area contributed by atoms with Gasteiger partial charge in [-0.05, 0) is 48.1 Å². The lowest BCUT2D eigenvalue weighted by molar-refractivity contribution is -0.138. The Bertz CT molecular complexity index is 783. The number of aliphatic carboxylic acids is 1. The van der Waals surface area contributed by atoms with E-state index >= 15 is 0 Å². The zero-order valence-electron chi connectivity index (χ0n) is 21.3. The molecule has 1 saturated carbocycles. The molecule has 2 nitrogen and oxygen atoms in total. The number of hydrogen-bond acceptors (Lipinski definition) is 1. The van der Waals surface area contributed by atoms with Crippen molar-refractivity contribution in [3.63, 3.8) is 0 Å². The van der Waals surface area contributed by atoms with Gasteiger partial charge in [0.15, 0.2) is 0 Å². The number of carboxylic acid groups (broad SMARTS) is 1. The van der Waals surface area contributed by atoms with Crippen LogP contribution in [0.3, 0.4) is 0 Å². The standard InChI is InChI=1S/C31H46O2/c1-4-6-7-8-9-12-25-15-17-28(18-16-25)31(21-19-26(20-22-31)30(32)33)29-14-11-10-13-27(29)23-24(3)5-2/h10-11,13-14,19-22,24-26,28H,4-9,12,15-18,23H2,1-3H3,(H,32,33)/t24-,25-,26?,28-,31?/m0/s1. The van der Waals surface area contributed by atoms with Crippen LogP contribution in [-0.4, -0.2) is 11.1 Å². The summed E-state index contributed by atoms with van der Waals surface area (Å²) in [6, 6.07) is 8.95. The molecule has 0 bridgehead atoms. The van der Waals surface area contributed by atoms with Gasteiger partial charge in [-0.1, -0.05) is 127 Å². The number of allylic oxidation sites excluding steroid dienone is 2. The monoisotopic (exact) mass is 450 g/mol. The van der Waals surface area contributed by atoms with Gasteiger partial charge >= 0.3 is 5.97 Å². The molecule has 1 fully saturated rings. The molecule has 3 rings (SSSR count).